The van der Waals surface area contributed by atoms with Gasteiger partial charge in [-0.1, -0.05) is 31.2 Å². The molecule has 0 radical (unpaired) electrons. The summed E-state index contributed by atoms with van der Waals surface area (Å²) in [6.45, 7) is 8.60. The Morgan fingerprint density at radius 1 is 1.00 bits per heavy atom. The molecule has 4 aromatic rings. The first-order valence-electron chi connectivity index (χ1n) is 13.4. The third-order valence-electron chi connectivity index (χ3n) is 7.48. The molecule has 190 valence electrons. The number of pyridine rings is 1. The summed E-state index contributed by atoms with van der Waals surface area (Å²) in [4.78, 5) is 16.4. The Kier molecular flexibility index (Phi) is 6.62. The van der Waals surface area contributed by atoms with Crippen molar-refractivity contribution in [3.63, 3.8) is 0 Å². The number of nitrogens with one attached hydrogen (secondary N) is 2. The van der Waals surface area contributed by atoms with Crippen molar-refractivity contribution in [2.75, 3.05) is 36.4 Å². The third-order valence-corrected chi connectivity index (χ3v) is 7.48. The zero-order valence-electron chi connectivity index (χ0n) is 21.6. The monoisotopic (exact) mass is 494 g/mol. The fourth-order valence-corrected chi connectivity index (χ4v) is 5.49. The number of aryl methyl sites for hydroxylation is 1. The van der Waals surface area contributed by atoms with E-state index in [-0.39, 0.29) is 0 Å². The topological polar surface area (TPSA) is 75.2 Å². The number of ether oxygens (including phenoxy) is 1. The van der Waals surface area contributed by atoms with Crippen molar-refractivity contribution in [2.24, 2.45) is 5.92 Å². The van der Waals surface area contributed by atoms with E-state index in [2.05, 4.69) is 69.7 Å². The van der Waals surface area contributed by atoms with E-state index in [0.717, 1.165) is 67.0 Å². The molecule has 0 saturated carbocycles. The van der Waals surface area contributed by atoms with E-state index in [1.807, 2.05) is 18.2 Å². The molecule has 2 saturated heterocycles. The summed E-state index contributed by atoms with van der Waals surface area (Å²) < 4.78 is 6.62. The van der Waals surface area contributed by atoms with Crippen molar-refractivity contribution in [1.82, 2.24) is 20.3 Å². The maximum Gasteiger partial charge on any atom is 0.228 e. The van der Waals surface area contributed by atoms with E-state index in [0.29, 0.717) is 23.8 Å². The van der Waals surface area contributed by atoms with Crippen molar-refractivity contribution in [3.8, 4) is 22.9 Å². The lowest BCUT2D eigenvalue weighted by molar-refractivity contribution is 0.466. The van der Waals surface area contributed by atoms with Gasteiger partial charge in [0.25, 0.3) is 0 Å². The number of benzene rings is 2. The molecule has 0 aliphatic carbocycles. The fraction of sp³-hybridized carbons (Fsp3) is 0.367. The van der Waals surface area contributed by atoms with Crippen LogP contribution in [0.5, 0.6) is 11.6 Å². The number of fused-ring (bicyclic) bond motifs is 1. The van der Waals surface area contributed by atoms with Crippen molar-refractivity contribution in [3.05, 3.63) is 66.5 Å². The van der Waals surface area contributed by atoms with Gasteiger partial charge in [0.2, 0.25) is 11.8 Å². The lowest BCUT2D eigenvalue weighted by atomic mass is 10.0. The van der Waals surface area contributed by atoms with Crippen LogP contribution in [0.3, 0.4) is 0 Å². The molecule has 2 fully saturated rings. The lowest BCUT2D eigenvalue weighted by Crippen LogP contribution is -2.38. The van der Waals surface area contributed by atoms with Crippen molar-refractivity contribution in [2.45, 2.75) is 39.2 Å². The Morgan fingerprint density at radius 2 is 1.95 bits per heavy atom. The van der Waals surface area contributed by atoms with Crippen molar-refractivity contribution >= 4 is 22.4 Å². The second kappa shape index (κ2) is 10.3. The van der Waals surface area contributed by atoms with Gasteiger partial charge in [-0.05, 0) is 68.5 Å². The number of aromatic nitrogens is 3. The summed E-state index contributed by atoms with van der Waals surface area (Å²) in [6.07, 6.45) is 7.06. The molecule has 2 aromatic heterocycles. The number of rotatable bonds is 6. The highest BCUT2D eigenvalue weighted by molar-refractivity contribution is 5.99. The average molecular weight is 495 g/mol. The minimum Gasteiger partial charge on any atom is -0.437 e. The summed E-state index contributed by atoms with van der Waals surface area (Å²) in [7, 11) is 0. The highest BCUT2D eigenvalue weighted by Crippen LogP contribution is 2.40. The third kappa shape index (κ3) is 4.96. The second-order valence-corrected chi connectivity index (χ2v) is 10.3. The molecule has 2 atom stereocenters. The normalized spacial score (nSPS) is 19.8. The Morgan fingerprint density at radius 3 is 2.78 bits per heavy atom. The first-order valence-corrected chi connectivity index (χ1v) is 13.4. The van der Waals surface area contributed by atoms with Crippen LogP contribution in [0.1, 0.15) is 31.7 Å². The molecular weight excluding hydrogens is 460 g/mol. The minimum absolute atomic E-state index is 0.333. The van der Waals surface area contributed by atoms with Gasteiger partial charge in [-0.3, -0.25) is 0 Å². The van der Waals surface area contributed by atoms with Crippen LogP contribution in [0.25, 0.3) is 22.0 Å². The Balaban J connectivity index is 1.34. The second-order valence-electron chi connectivity index (χ2n) is 10.3. The predicted octanol–water partition coefficient (Wildman–Crippen LogP) is 5.80. The van der Waals surface area contributed by atoms with Gasteiger partial charge in [-0.15, -0.1) is 0 Å². The highest BCUT2D eigenvalue weighted by atomic mass is 16.5. The van der Waals surface area contributed by atoms with Crippen LogP contribution in [0.4, 0.5) is 11.6 Å². The first kappa shape index (κ1) is 23.7. The van der Waals surface area contributed by atoms with E-state index < -0.39 is 0 Å². The Bertz CT molecular complexity index is 1400. The zero-order valence-corrected chi connectivity index (χ0v) is 21.6. The maximum atomic E-state index is 6.62. The number of nitrogens with zero attached hydrogens (tertiary/aromatic N) is 4. The molecule has 0 spiro atoms. The Labute approximate surface area is 218 Å². The molecule has 6 rings (SSSR count). The summed E-state index contributed by atoms with van der Waals surface area (Å²) >= 11 is 0. The molecule has 7 heteroatoms. The Hall–Kier alpha value is -3.71. The quantitative estimate of drug-likeness (QED) is 0.351. The summed E-state index contributed by atoms with van der Waals surface area (Å²) in [5.74, 6) is 2.73. The molecule has 2 N–H and O–H groups in total. The first-order chi connectivity index (χ1) is 18.2. The van der Waals surface area contributed by atoms with Gasteiger partial charge in [-0.2, -0.15) is 0 Å². The zero-order chi connectivity index (χ0) is 25.2. The average Bonchev–Trinajstić information content (AvgIpc) is 3.37. The van der Waals surface area contributed by atoms with Gasteiger partial charge in [0.15, 0.2) is 0 Å². The van der Waals surface area contributed by atoms with Crippen LogP contribution in [0.15, 0.2) is 60.9 Å². The molecule has 2 aliphatic rings. The van der Waals surface area contributed by atoms with E-state index >= 15 is 0 Å². The minimum atomic E-state index is 0.333. The largest absolute Gasteiger partial charge is 0.437 e. The van der Waals surface area contributed by atoms with Crippen LogP contribution >= 0.6 is 0 Å². The van der Waals surface area contributed by atoms with Gasteiger partial charge in [0.1, 0.15) is 5.75 Å². The van der Waals surface area contributed by atoms with Gasteiger partial charge in [0, 0.05) is 54.5 Å². The molecule has 0 amide bonds. The standard InChI is InChI=1S/C30H34N6O/c1-20-13-17-36(19-20)27-9-3-7-24-23(27)11-10-21(2)28(24)37-29-25(8-5-15-32-29)26-12-16-33-30(35-26)34-22-6-4-14-31-18-22/h3,5,7-12,15-16,20,22,31H,4,6,13-14,17-19H2,1-2H3,(H,33,34,35)/t20-,22-/m0/s1. The fourth-order valence-electron chi connectivity index (χ4n) is 5.49. The van der Waals surface area contributed by atoms with Gasteiger partial charge in [-0.25, -0.2) is 15.0 Å². The molecule has 2 aliphatic heterocycles. The molecule has 7 nitrogen and oxygen atoms in total. The van der Waals surface area contributed by atoms with Crippen LogP contribution in [0, 0.1) is 12.8 Å². The molecule has 2 aromatic carbocycles. The van der Waals surface area contributed by atoms with Gasteiger partial charge in [0.05, 0.1) is 11.3 Å². The van der Waals surface area contributed by atoms with Crippen LogP contribution < -0.4 is 20.3 Å². The molecule has 4 heterocycles. The lowest BCUT2D eigenvalue weighted by Gasteiger charge is -2.23. The van der Waals surface area contributed by atoms with Crippen molar-refractivity contribution in [1.29, 1.82) is 0 Å². The summed E-state index contributed by atoms with van der Waals surface area (Å²) in [6, 6.07) is 17.0. The number of hydrogen-bond donors (Lipinski definition) is 2. The van der Waals surface area contributed by atoms with Crippen molar-refractivity contribution < 1.29 is 4.74 Å². The summed E-state index contributed by atoms with van der Waals surface area (Å²) in [5, 5.41) is 9.22. The van der Waals surface area contributed by atoms with Crippen LogP contribution in [-0.4, -0.2) is 47.2 Å². The van der Waals surface area contributed by atoms with E-state index in [4.69, 9.17) is 9.72 Å². The smallest absolute Gasteiger partial charge is 0.228 e. The molecular formula is C30H34N6O. The molecule has 0 bridgehead atoms. The number of anilines is 2. The summed E-state index contributed by atoms with van der Waals surface area (Å²) in [5.41, 5.74) is 3.98. The number of piperidine rings is 1. The van der Waals surface area contributed by atoms with Crippen LogP contribution in [0.2, 0.25) is 0 Å². The van der Waals surface area contributed by atoms with Gasteiger partial charge < -0.3 is 20.3 Å². The van der Waals surface area contributed by atoms with Crippen LogP contribution in [-0.2, 0) is 0 Å². The highest BCUT2D eigenvalue weighted by Gasteiger charge is 2.22. The molecule has 37 heavy (non-hydrogen) atoms. The van der Waals surface area contributed by atoms with E-state index in [1.54, 1.807) is 12.4 Å². The number of hydrogen-bond acceptors (Lipinski definition) is 7. The van der Waals surface area contributed by atoms with E-state index in [1.165, 1.54) is 17.5 Å². The van der Waals surface area contributed by atoms with Gasteiger partial charge >= 0.3 is 0 Å². The maximum absolute atomic E-state index is 6.62. The molecule has 0 unspecified atom stereocenters. The predicted molar refractivity (Wildman–Crippen MR) is 150 cm³/mol. The van der Waals surface area contributed by atoms with E-state index in [9.17, 15) is 0 Å². The SMILES string of the molecule is Cc1ccc2c(N3CC[C@H](C)C3)cccc2c1Oc1ncccc1-c1ccnc(N[C@H]2CCCNC2)n1.